The highest BCUT2D eigenvalue weighted by Gasteiger charge is 2.33. The maximum absolute atomic E-state index is 5.34. The van der Waals surface area contributed by atoms with Crippen LogP contribution in [0, 0.1) is 0 Å². The van der Waals surface area contributed by atoms with Crippen molar-refractivity contribution in [1.82, 2.24) is 0 Å². The molecule has 1 unspecified atom stereocenters. The average Bonchev–Trinajstić information content (AvgIpc) is 1.95. The van der Waals surface area contributed by atoms with Crippen molar-refractivity contribution in [3.63, 3.8) is 0 Å². The summed E-state index contributed by atoms with van der Waals surface area (Å²) in [6.07, 6.45) is 5.90. The SMILES string of the molecule is CCC=COCC1(C)CCO1. The van der Waals surface area contributed by atoms with Gasteiger partial charge in [-0.1, -0.05) is 13.0 Å². The second-order valence-corrected chi connectivity index (χ2v) is 3.14. The highest BCUT2D eigenvalue weighted by molar-refractivity contribution is 4.83. The van der Waals surface area contributed by atoms with Gasteiger partial charge in [0.2, 0.25) is 0 Å². The Hall–Kier alpha value is -0.500. The lowest BCUT2D eigenvalue weighted by Gasteiger charge is -2.37. The second-order valence-electron chi connectivity index (χ2n) is 3.14. The Morgan fingerprint density at radius 3 is 2.82 bits per heavy atom. The molecule has 64 valence electrons. The first-order valence-electron chi connectivity index (χ1n) is 4.17. The Morgan fingerprint density at radius 1 is 1.64 bits per heavy atom. The first-order chi connectivity index (χ1) is 5.27. The van der Waals surface area contributed by atoms with Gasteiger partial charge in [-0.05, 0) is 13.3 Å². The van der Waals surface area contributed by atoms with E-state index in [4.69, 9.17) is 9.47 Å². The fourth-order valence-electron chi connectivity index (χ4n) is 0.953. The Labute approximate surface area is 68.2 Å². The van der Waals surface area contributed by atoms with E-state index in [0.717, 1.165) is 19.4 Å². The molecule has 0 bridgehead atoms. The molecule has 0 radical (unpaired) electrons. The maximum atomic E-state index is 5.34. The molecule has 0 aliphatic carbocycles. The third-order valence-electron chi connectivity index (χ3n) is 1.90. The van der Waals surface area contributed by atoms with Crippen LogP contribution in [-0.2, 0) is 9.47 Å². The van der Waals surface area contributed by atoms with Crippen LogP contribution in [0.15, 0.2) is 12.3 Å². The Kier molecular flexibility index (Phi) is 2.94. The fourth-order valence-corrected chi connectivity index (χ4v) is 0.953. The van der Waals surface area contributed by atoms with Gasteiger partial charge in [-0.15, -0.1) is 0 Å². The van der Waals surface area contributed by atoms with Gasteiger partial charge in [-0.25, -0.2) is 0 Å². The van der Waals surface area contributed by atoms with Crippen LogP contribution in [0.25, 0.3) is 0 Å². The minimum atomic E-state index is -0.00190. The van der Waals surface area contributed by atoms with Gasteiger partial charge in [0, 0.05) is 6.42 Å². The minimum Gasteiger partial charge on any atom is -0.499 e. The van der Waals surface area contributed by atoms with E-state index in [0.29, 0.717) is 6.61 Å². The van der Waals surface area contributed by atoms with Crippen molar-refractivity contribution < 1.29 is 9.47 Å². The molecule has 1 aliphatic heterocycles. The van der Waals surface area contributed by atoms with E-state index in [-0.39, 0.29) is 5.60 Å². The molecule has 2 heteroatoms. The number of hydrogen-bond acceptors (Lipinski definition) is 2. The molecule has 2 nitrogen and oxygen atoms in total. The molecule has 0 aromatic rings. The summed E-state index contributed by atoms with van der Waals surface area (Å²) in [5.41, 5.74) is -0.00190. The predicted molar refractivity (Wildman–Crippen MR) is 44.4 cm³/mol. The van der Waals surface area contributed by atoms with Gasteiger partial charge in [-0.2, -0.15) is 0 Å². The van der Waals surface area contributed by atoms with E-state index in [1.54, 1.807) is 6.26 Å². The van der Waals surface area contributed by atoms with Crippen molar-refractivity contribution in [3.05, 3.63) is 12.3 Å². The van der Waals surface area contributed by atoms with Crippen LogP contribution in [0.2, 0.25) is 0 Å². The third kappa shape index (κ3) is 2.54. The smallest absolute Gasteiger partial charge is 0.116 e. The lowest BCUT2D eigenvalue weighted by Crippen LogP contribution is -2.44. The summed E-state index contributed by atoms with van der Waals surface area (Å²) in [6.45, 7) is 5.73. The van der Waals surface area contributed by atoms with E-state index < -0.39 is 0 Å². The molecular formula is C9H16O2. The lowest BCUT2D eigenvalue weighted by atomic mass is 9.99. The monoisotopic (exact) mass is 156 g/mol. The molecule has 1 saturated heterocycles. The van der Waals surface area contributed by atoms with Crippen LogP contribution in [0.3, 0.4) is 0 Å². The molecule has 0 N–H and O–H groups in total. The number of rotatable bonds is 4. The molecule has 1 fully saturated rings. The van der Waals surface area contributed by atoms with Crippen LogP contribution in [0.5, 0.6) is 0 Å². The van der Waals surface area contributed by atoms with E-state index >= 15 is 0 Å². The van der Waals surface area contributed by atoms with Gasteiger partial charge in [0.1, 0.15) is 12.2 Å². The lowest BCUT2D eigenvalue weighted by molar-refractivity contribution is -0.158. The van der Waals surface area contributed by atoms with Gasteiger partial charge >= 0.3 is 0 Å². The molecule has 1 atom stereocenters. The minimum absolute atomic E-state index is 0.00190. The first kappa shape index (κ1) is 8.60. The molecular weight excluding hydrogens is 140 g/mol. The molecule has 0 amide bonds. The van der Waals surface area contributed by atoms with Crippen molar-refractivity contribution in [2.45, 2.75) is 32.3 Å². The largest absolute Gasteiger partial charge is 0.499 e. The fraction of sp³-hybridized carbons (Fsp3) is 0.778. The zero-order valence-electron chi connectivity index (χ0n) is 7.30. The van der Waals surface area contributed by atoms with Gasteiger partial charge in [0.15, 0.2) is 0 Å². The molecule has 0 spiro atoms. The Morgan fingerprint density at radius 2 is 2.36 bits per heavy atom. The summed E-state index contributed by atoms with van der Waals surface area (Å²) < 4.78 is 10.6. The van der Waals surface area contributed by atoms with Crippen LogP contribution in [0.1, 0.15) is 26.7 Å². The molecule has 0 saturated carbocycles. The molecule has 11 heavy (non-hydrogen) atoms. The Balaban J connectivity index is 2.06. The summed E-state index contributed by atoms with van der Waals surface area (Å²) in [5.74, 6) is 0. The molecule has 1 rings (SSSR count). The van der Waals surface area contributed by atoms with Crippen molar-refractivity contribution >= 4 is 0 Å². The zero-order valence-corrected chi connectivity index (χ0v) is 7.30. The van der Waals surface area contributed by atoms with Crippen LogP contribution in [0.4, 0.5) is 0 Å². The van der Waals surface area contributed by atoms with Gasteiger partial charge < -0.3 is 9.47 Å². The van der Waals surface area contributed by atoms with E-state index in [9.17, 15) is 0 Å². The summed E-state index contributed by atoms with van der Waals surface area (Å²) in [6, 6.07) is 0. The number of allylic oxidation sites excluding steroid dienone is 1. The highest BCUT2D eigenvalue weighted by atomic mass is 16.6. The first-order valence-corrected chi connectivity index (χ1v) is 4.17. The summed E-state index contributed by atoms with van der Waals surface area (Å²) in [4.78, 5) is 0. The molecule has 0 aromatic heterocycles. The molecule has 0 aromatic carbocycles. The predicted octanol–water partition coefficient (Wildman–Crippen LogP) is 2.11. The van der Waals surface area contributed by atoms with Crippen molar-refractivity contribution in [3.8, 4) is 0 Å². The summed E-state index contributed by atoms with van der Waals surface area (Å²) >= 11 is 0. The number of hydrogen-bond donors (Lipinski definition) is 0. The van der Waals surface area contributed by atoms with Crippen LogP contribution >= 0.6 is 0 Å². The van der Waals surface area contributed by atoms with Crippen LogP contribution in [-0.4, -0.2) is 18.8 Å². The van der Waals surface area contributed by atoms with Gasteiger partial charge in [-0.3, -0.25) is 0 Å². The molecule has 1 aliphatic rings. The normalized spacial score (nSPS) is 30.4. The highest BCUT2D eigenvalue weighted by Crippen LogP contribution is 2.25. The topological polar surface area (TPSA) is 18.5 Å². The third-order valence-corrected chi connectivity index (χ3v) is 1.90. The van der Waals surface area contributed by atoms with Crippen LogP contribution < -0.4 is 0 Å². The summed E-state index contributed by atoms with van der Waals surface area (Å²) in [5, 5.41) is 0. The van der Waals surface area contributed by atoms with Gasteiger partial charge in [0.25, 0.3) is 0 Å². The quantitative estimate of drug-likeness (QED) is 0.580. The van der Waals surface area contributed by atoms with E-state index in [1.807, 2.05) is 6.08 Å². The van der Waals surface area contributed by atoms with E-state index in [2.05, 4.69) is 13.8 Å². The maximum Gasteiger partial charge on any atom is 0.116 e. The van der Waals surface area contributed by atoms with Gasteiger partial charge in [0.05, 0.1) is 12.9 Å². The zero-order chi connectivity index (χ0) is 8.16. The van der Waals surface area contributed by atoms with Crippen molar-refractivity contribution in [2.24, 2.45) is 0 Å². The number of ether oxygens (including phenoxy) is 2. The van der Waals surface area contributed by atoms with E-state index in [1.165, 1.54) is 0 Å². The Bertz CT molecular complexity index is 136. The summed E-state index contributed by atoms with van der Waals surface area (Å²) in [7, 11) is 0. The standard InChI is InChI=1S/C9H16O2/c1-3-4-6-10-8-9(2)5-7-11-9/h4,6H,3,5,7-8H2,1-2H3. The molecule has 1 heterocycles. The van der Waals surface area contributed by atoms with Crippen molar-refractivity contribution in [1.29, 1.82) is 0 Å². The second kappa shape index (κ2) is 3.77. The van der Waals surface area contributed by atoms with Crippen molar-refractivity contribution in [2.75, 3.05) is 13.2 Å². The average molecular weight is 156 g/mol.